The van der Waals surface area contributed by atoms with E-state index in [2.05, 4.69) is 4.98 Å². The fourth-order valence-electron chi connectivity index (χ4n) is 1.88. The highest BCUT2D eigenvalue weighted by Crippen LogP contribution is 2.11. The topological polar surface area (TPSA) is 102 Å². The van der Waals surface area contributed by atoms with Crippen LogP contribution in [0, 0.1) is 0 Å². The summed E-state index contributed by atoms with van der Waals surface area (Å²) in [7, 11) is 0. The molecule has 0 saturated heterocycles. The van der Waals surface area contributed by atoms with Crippen LogP contribution in [0.5, 0.6) is 0 Å². The van der Waals surface area contributed by atoms with E-state index in [0.717, 1.165) is 5.56 Å². The molecule has 2 amide bonds. The van der Waals surface area contributed by atoms with Crippen molar-refractivity contribution in [1.29, 1.82) is 0 Å². The van der Waals surface area contributed by atoms with E-state index in [0.29, 0.717) is 5.69 Å². The summed E-state index contributed by atoms with van der Waals surface area (Å²) < 4.78 is 0. The molecule has 1 heterocycles. The number of primary amides is 1. The van der Waals surface area contributed by atoms with Gasteiger partial charge in [0.15, 0.2) is 0 Å². The Bertz CT molecular complexity index is 626. The number of hydrogen-bond donors (Lipinski definition) is 2. The van der Waals surface area contributed by atoms with Gasteiger partial charge in [0, 0.05) is 18.4 Å². The zero-order valence-corrected chi connectivity index (χ0v) is 11.4. The average Bonchev–Trinajstić information content (AvgIpc) is 2.48. The molecular formula is C15H16N4O2. The Morgan fingerprint density at radius 1 is 1.10 bits per heavy atom. The first-order valence-corrected chi connectivity index (χ1v) is 6.39. The number of rotatable bonds is 5. The lowest BCUT2D eigenvalue weighted by Gasteiger charge is -2.21. The molecular weight excluding hydrogens is 268 g/mol. The van der Waals surface area contributed by atoms with E-state index >= 15 is 0 Å². The quantitative estimate of drug-likeness (QED) is 0.792. The van der Waals surface area contributed by atoms with Crippen molar-refractivity contribution in [2.75, 3.05) is 12.3 Å². The second-order valence-corrected chi connectivity index (χ2v) is 4.58. The molecule has 2 rings (SSSR count). The summed E-state index contributed by atoms with van der Waals surface area (Å²) in [6, 6.07) is 12.1. The molecule has 0 unspecified atom stereocenters. The van der Waals surface area contributed by atoms with E-state index in [1.54, 1.807) is 42.5 Å². The van der Waals surface area contributed by atoms with Crippen LogP contribution in [-0.2, 0) is 11.3 Å². The Morgan fingerprint density at radius 3 is 2.38 bits per heavy atom. The minimum absolute atomic E-state index is 0.167. The van der Waals surface area contributed by atoms with Crippen molar-refractivity contribution >= 4 is 17.5 Å². The zero-order valence-electron chi connectivity index (χ0n) is 11.4. The number of anilines is 1. The molecule has 6 nitrogen and oxygen atoms in total. The van der Waals surface area contributed by atoms with Crippen LogP contribution in [0.25, 0.3) is 0 Å². The molecule has 0 saturated carbocycles. The number of hydrogen-bond acceptors (Lipinski definition) is 4. The minimum Gasteiger partial charge on any atom is -0.399 e. The third-order valence-electron chi connectivity index (χ3n) is 2.87. The van der Waals surface area contributed by atoms with E-state index in [1.807, 2.05) is 0 Å². The van der Waals surface area contributed by atoms with Gasteiger partial charge < -0.3 is 16.4 Å². The Hall–Kier alpha value is -2.89. The van der Waals surface area contributed by atoms with Gasteiger partial charge in [0.05, 0.1) is 0 Å². The number of benzene rings is 1. The largest absolute Gasteiger partial charge is 0.399 e. The first-order valence-electron chi connectivity index (χ1n) is 6.39. The highest BCUT2D eigenvalue weighted by Gasteiger charge is 2.18. The summed E-state index contributed by atoms with van der Waals surface area (Å²) in [5.41, 5.74) is 12.6. The maximum Gasteiger partial charge on any atom is 0.273 e. The van der Waals surface area contributed by atoms with Gasteiger partial charge in [-0.05, 0) is 29.8 Å². The van der Waals surface area contributed by atoms with E-state index in [1.165, 1.54) is 11.1 Å². The second-order valence-electron chi connectivity index (χ2n) is 4.58. The normalized spacial score (nSPS) is 10.1. The molecule has 0 aliphatic carbocycles. The van der Waals surface area contributed by atoms with Crippen molar-refractivity contribution in [2.24, 2.45) is 5.73 Å². The van der Waals surface area contributed by atoms with Gasteiger partial charge in [-0.1, -0.05) is 18.2 Å². The number of carbonyl (C=O) groups excluding carboxylic acids is 2. The van der Waals surface area contributed by atoms with E-state index < -0.39 is 5.91 Å². The fraction of sp³-hybridized carbons (Fsp3) is 0.133. The van der Waals surface area contributed by atoms with E-state index in [-0.39, 0.29) is 24.7 Å². The third-order valence-corrected chi connectivity index (χ3v) is 2.87. The third kappa shape index (κ3) is 4.04. The van der Waals surface area contributed by atoms with Gasteiger partial charge >= 0.3 is 0 Å². The van der Waals surface area contributed by atoms with Crippen molar-refractivity contribution in [3.8, 4) is 0 Å². The summed E-state index contributed by atoms with van der Waals surface area (Å²) in [4.78, 5) is 28.9. The second kappa shape index (κ2) is 6.51. The highest BCUT2D eigenvalue weighted by atomic mass is 16.2. The molecule has 4 N–H and O–H groups in total. The SMILES string of the molecule is NC(=O)CN(Cc1ccc(N)cc1)C(=O)c1ccccn1. The lowest BCUT2D eigenvalue weighted by atomic mass is 10.2. The number of nitrogens with zero attached hydrogens (tertiary/aromatic N) is 2. The Balaban J connectivity index is 2.20. The Labute approximate surface area is 122 Å². The van der Waals surface area contributed by atoms with Crippen LogP contribution in [0.2, 0.25) is 0 Å². The molecule has 108 valence electrons. The first-order chi connectivity index (χ1) is 10.1. The number of nitrogen functional groups attached to an aromatic ring is 1. The van der Waals surface area contributed by atoms with Crippen molar-refractivity contribution in [3.05, 3.63) is 59.9 Å². The molecule has 21 heavy (non-hydrogen) atoms. The standard InChI is InChI=1S/C15H16N4O2/c16-12-6-4-11(5-7-12)9-19(10-14(17)20)15(21)13-3-1-2-8-18-13/h1-8H,9-10,16H2,(H2,17,20). The Kier molecular flexibility index (Phi) is 4.50. The molecule has 0 aliphatic heterocycles. The van der Waals surface area contributed by atoms with Gasteiger partial charge in [0.2, 0.25) is 5.91 Å². The van der Waals surface area contributed by atoms with Gasteiger partial charge in [-0.15, -0.1) is 0 Å². The number of amides is 2. The molecule has 1 aromatic carbocycles. The van der Waals surface area contributed by atoms with Crippen molar-refractivity contribution in [3.63, 3.8) is 0 Å². The maximum atomic E-state index is 12.4. The number of pyridine rings is 1. The molecule has 2 aromatic rings. The van der Waals surface area contributed by atoms with Crippen LogP contribution in [0.3, 0.4) is 0 Å². The van der Waals surface area contributed by atoms with Crippen LogP contribution in [-0.4, -0.2) is 28.2 Å². The van der Waals surface area contributed by atoms with Crippen LogP contribution < -0.4 is 11.5 Å². The van der Waals surface area contributed by atoms with Gasteiger partial charge in [-0.2, -0.15) is 0 Å². The van der Waals surface area contributed by atoms with Crippen molar-refractivity contribution < 1.29 is 9.59 Å². The molecule has 0 spiro atoms. The van der Waals surface area contributed by atoms with Gasteiger partial charge in [-0.3, -0.25) is 14.6 Å². The summed E-state index contributed by atoms with van der Waals surface area (Å²) in [6.45, 7) is 0.0956. The van der Waals surface area contributed by atoms with E-state index in [9.17, 15) is 9.59 Å². The monoisotopic (exact) mass is 284 g/mol. The maximum absolute atomic E-state index is 12.4. The predicted molar refractivity (Wildman–Crippen MR) is 79.0 cm³/mol. The average molecular weight is 284 g/mol. The Morgan fingerprint density at radius 2 is 1.81 bits per heavy atom. The van der Waals surface area contributed by atoms with Crippen LogP contribution >= 0.6 is 0 Å². The number of nitrogens with two attached hydrogens (primary N) is 2. The molecule has 0 fully saturated rings. The molecule has 6 heteroatoms. The van der Waals surface area contributed by atoms with Gasteiger partial charge in [0.1, 0.15) is 12.2 Å². The molecule has 0 bridgehead atoms. The van der Waals surface area contributed by atoms with E-state index in [4.69, 9.17) is 11.5 Å². The van der Waals surface area contributed by atoms with Crippen LogP contribution in [0.1, 0.15) is 16.1 Å². The zero-order chi connectivity index (χ0) is 15.2. The lowest BCUT2D eigenvalue weighted by molar-refractivity contribution is -0.118. The molecule has 1 aromatic heterocycles. The van der Waals surface area contributed by atoms with Gasteiger partial charge in [0.25, 0.3) is 5.91 Å². The summed E-state index contributed by atoms with van der Waals surface area (Å²) in [5, 5.41) is 0. The first kappa shape index (κ1) is 14.5. The molecule has 0 atom stereocenters. The lowest BCUT2D eigenvalue weighted by Crippen LogP contribution is -2.38. The summed E-state index contributed by atoms with van der Waals surface area (Å²) in [5.74, 6) is -0.916. The number of carbonyl (C=O) groups is 2. The smallest absolute Gasteiger partial charge is 0.273 e. The number of aromatic nitrogens is 1. The van der Waals surface area contributed by atoms with Crippen molar-refractivity contribution in [1.82, 2.24) is 9.88 Å². The van der Waals surface area contributed by atoms with Crippen molar-refractivity contribution in [2.45, 2.75) is 6.54 Å². The fourth-order valence-corrected chi connectivity index (χ4v) is 1.88. The van der Waals surface area contributed by atoms with Crippen LogP contribution in [0.4, 0.5) is 5.69 Å². The van der Waals surface area contributed by atoms with Gasteiger partial charge in [-0.25, -0.2) is 0 Å². The summed E-state index contributed by atoms with van der Waals surface area (Å²) in [6.07, 6.45) is 1.53. The highest BCUT2D eigenvalue weighted by molar-refractivity contribution is 5.94. The minimum atomic E-state index is -0.574. The summed E-state index contributed by atoms with van der Waals surface area (Å²) >= 11 is 0. The molecule has 0 radical (unpaired) electrons. The van der Waals surface area contributed by atoms with Crippen LogP contribution in [0.15, 0.2) is 48.7 Å². The predicted octanol–water partition coefficient (Wildman–Crippen LogP) is 0.791. The molecule has 0 aliphatic rings.